The molecular weight excluding hydrogens is 268 g/mol. The lowest BCUT2D eigenvalue weighted by Crippen LogP contribution is -2.06. The van der Waals surface area contributed by atoms with Crippen molar-refractivity contribution >= 4 is 17.7 Å². The number of carboxylic acid groups (broad SMARTS) is 1. The van der Waals surface area contributed by atoms with Crippen molar-refractivity contribution in [2.45, 2.75) is 17.3 Å². The zero-order valence-corrected chi connectivity index (χ0v) is 10.8. The normalized spacial score (nSPS) is 10.5. The molecular formula is C12H12N2O4S. The molecule has 19 heavy (non-hydrogen) atoms. The van der Waals surface area contributed by atoms with Crippen molar-refractivity contribution in [3.63, 3.8) is 0 Å². The van der Waals surface area contributed by atoms with Gasteiger partial charge in [-0.15, -0.1) is 11.8 Å². The summed E-state index contributed by atoms with van der Waals surface area (Å²) < 4.78 is 9.80. The SMILES string of the molecule is O=C(O)COCc1nc(CSc2ccccc2)no1. The second kappa shape index (κ2) is 6.91. The van der Waals surface area contributed by atoms with Crippen LogP contribution in [0.5, 0.6) is 0 Å². The van der Waals surface area contributed by atoms with Crippen LogP contribution < -0.4 is 0 Å². The fourth-order valence-corrected chi connectivity index (χ4v) is 2.06. The van der Waals surface area contributed by atoms with Gasteiger partial charge in [-0.2, -0.15) is 4.98 Å². The molecule has 0 unspecified atom stereocenters. The summed E-state index contributed by atoms with van der Waals surface area (Å²) in [6.45, 7) is -0.369. The van der Waals surface area contributed by atoms with Gasteiger partial charge in [0.15, 0.2) is 5.82 Å². The zero-order chi connectivity index (χ0) is 13.5. The lowest BCUT2D eigenvalue weighted by molar-refractivity contribution is -0.142. The number of aliphatic carboxylic acids is 1. The Balaban J connectivity index is 1.79. The fourth-order valence-electron chi connectivity index (χ4n) is 1.30. The van der Waals surface area contributed by atoms with E-state index in [2.05, 4.69) is 10.1 Å². The second-order valence-electron chi connectivity index (χ2n) is 3.59. The number of nitrogens with zero attached hydrogens (tertiary/aromatic N) is 2. The third-order valence-corrected chi connectivity index (χ3v) is 3.08. The Bertz CT molecular complexity index is 530. The predicted molar refractivity (Wildman–Crippen MR) is 67.6 cm³/mol. The number of thioether (sulfide) groups is 1. The minimum atomic E-state index is -1.03. The summed E-state index contributed by atoms with van der Waals surface area (Å²) >= 11 is 1.60. The molecule has 1 N–H and O–H groups in total. The minimum absolute atomic E-state index is 0.00923. The number of carboxylic acids is 1. The largest absolute Gasteiger partial charge is 0.480 e. The van der Waals surface area contributed by atoms with E-state index in [9.17, 15) is 4.79 Å². The van der Waals surface area contributed by atoms with E-state index in [0.717, 1.165) is 4.90 Å². The molecule has 0 saturated heterocycles. The van der Waals surface area contributed by atoms with Crippen LogP contribution >= 0.6 is 11.8 Å². The van der Waals surface area contributed by atoms with Crippen molar-refractivity contribution in [2.75, 3.05) is 6.61 Å². The monoisotopic (exact) mass is 280 g/mol. The molecule has 0 fully saturated rings. The first-order valence-electron chi connectivity index (χ1n) is 5.53. The van der Waals surface area contributed by atoms with Gasteiger partial charge in [0.25, 0.3) is 5.89 Å². The van der Waals surface area contributed by atoms with Gasteiger partial charge in [-0.1, -0.05) is 23.4 Å². The average molecular weight is 280 g/mol. The number of aromatic nitrogens is 2. The van der Waals surface area contributed by atoms with Crippen molar-refractivity contribution in [1.82, 2.24) is 10.1 Å². The van der Waals surface area contributed by atoms with Gasteiger partial charge in [0, 0.05) is 4.90 Å². The maximum atomic E-state index is 10.3. The van der Waals surface area contributed by atoms with Crippen molar-refractivity contribution in [1.29, 1.82) is 0 Å². The Morgan fingerprint density at radius 1 is 1.37 bits per heavy atom. The van der Waals surface area contributed by atoms with E-state index in [1.807, 2.05) is 30.3 Å². The number of benzene rings is 1. The van der Waals surface area contributed by atoms with Crippen LogP contribution in [0, 0.1) is 0 Å². The lowest BCUT2D eigenvalue weighted by Gasteiger charge is -1.96. The summed E-state index contributed by atoms with van der Waals surface area (Å²) in [4.78, 5) is 15.5. The summed E-state index contributed by atoms with van der Waals surface area (Å²) in [5.41, 5.74) is 0. The van der Waals surface area contributed by atoms with Crippen LogP contribution in [0.1, 0.15) is 11.7 Å². The molecule has 1 heterocycles. The van der Waals surface area contributed by atoms with Gasteiger partial charge in [-0.3, -0.25) is 0 Å². The molecule has 1 aromatic carbocycles. The summed E-state index contributed by atoms with van der Waals surface area (Å²) in [7, 11) is 0. The van der Waals surface area contributed by atoms with Crippen LogP contribution in [-0.2, 0) is 21.9 Å². The van der Waals surface area contributed by atoms with Gasteiger partial charge in [-0.25, -0.2) is 4.79 Å². The van der Waals surface area contributed by atoms with E-state index in [-0.39, 0.29) is 19.1 Å². The first kappa shape index (κ1) is 13.6. The summed E-state index contributed by atoms with van der Waals surface area (Å²) in [5.74, 6) is 0.402. The quantitative estimate of drug-likeness (QED) is 0.776. The Hall–Kier alpha value is -1.86. The van der Waals surface area contributed by atoms with Crippen LogP contribution in [-0.4, -0.2) is 27.8 Å². The van der Waals surface area contributed by atoms with Crippen LogP contribution in [0.3, 0.4) is 0 Å². The highest BCUT2D eigenvalue weighted by Crippen LogP contribution is 2.20. The number of ether oxygens (including phenoxy) is 1. The molecule has 0 aliphatic carbocycles. The Morgan fingerprint density at radius 3 is 2.89 bits per heavy atom. The van der Waals surface area contributed by atoms with Gasteiger partial charge < -0.3 is 14.4 Å². The first-order valence-corrected chi connectivity index (χ1v) is 6.51. The van der Waals surface area contributed by atoms with Crippen molar-refractivity contribution < 1.29 is 19.2 Å². The highest BCUT2D eigenvalue weighted by Gasteiger charge is 2.07. The Morgan fingerprint density at radius 2 is 2.16 bits per heavy atom. The van der Waals surface area contributed by atoms with Gasteiger partial charge in [0.1, 0.15) is 13.2 Å². The van der Waals surface area contributed by atoms with Crippen LogP contribution in [0.2, 0.25) is 0 Å². The number of carbonyl (C=O) groups is 1. The fraction of sp³-hybridized carbons (Fsp3) is 0.250. The van der Waals surface area contributed by atoms with Crippen LogP contribution in [0.25, 0.3) is 0 Å². The lowest BCUT2D eigenvalue weighted by atomic mass is 10.4. The zero-order valence-electron chi connectivity index (χ0n) is 9.98. The van der Waals surface area contributed by atoms with E-state index >= 15 is 0 Å². The molecule has 100 valence electrons. The van der Waals surface area contributed by atoms with Crippen molar-refractivity contribution in [3.8, 4) is 0 Å². The van der Waals surface area contributed by atoms with E-state index in [4.69, 9.17) is 14.4 Å². The third-order valence-electron chi connectivity index (χ3n) is 2.07. The van der Waals surface area contributed by atoms with Crippen LogP contribution in [0.15, 0.2) is 39.8 Å². The molecule has 2 aromatic rings. The maximum absolute atomic E-state index is 10.3. The minimum Gasteiger partial charge on any atom is -0.480 e. The predicted octanol–water partition coefficient (Wildman–Crippen LogP) is 1.96. The van der Waals surface area contributed by atoms with E-state index in [0.29, 0.717) is 11.6 Å². The molecule has 0 amide bonds. The summed E-state index contributed by atoms with van der Waals surface area (Å²) in [5, 5.41) is 12.2. The molecule has 0 aliphatic heterocycles. The van der Waals surface area contributed by atoms with E-state index in [1.54, 1.807) is 11.8 Å². The van der Waals surface area contributed by atoms with E-state index in [1.165, 1.54) is 0 Å². The summed E-state index contributed by atoms with van der Waals surface area (Å²) in [6, 6.07) is 9.88. The highest BCUT2D eigenvalue weighted by atomic mass is 32.2. The topological polar surface area (TPSA) is 85.5 Å². The maximum Gasteiger partial charge on any atom is 0.329 e. The Labute approximate surface area is 113 Å². The molecule has 0 radical (unpaired) electrons. The molecule has 0 spiro atoms. The first-order chi connectivity index (χ1) is 9.24. The molecule has 0 aliphatic rings. The highest BCUT2D eigenvalue weighted by molar-refractivity contribution is 7.98. The molecule has 6 nitrogen and oxygen atoms in total. The Kier molecular flexibility index (Phi) is 4.93. The molecule has 0 saturated carbocycles. The van der Waals surface area contributed by atoms with Gasteiger partial charge >= 0.3 is 5.97 Å². The van der Waals surface area contributed by atoms with Crippen molar-refractivity contribution in [3.05, 3.63) is 42.0 Å². The molecule has 0 atom stereocenters. The molecule has 7 heteroatoms. The number of rotatable bonds is 7. The third kappa shape index (κ3) is 4.72. The van der Waals surface area contributed by atoms with Crippen molar-refractivity contribution in [2.24, 2.45) is 0 Å². The van der Waals surface area contributed by atoms with Gasteiger partial charge in [0.05, 0.1) is 5.75 Å². The molecule has 2 rings (SSSR count). The molecule has 0 bridgehead atoms. The summed E-state index contributed by atoms with van der Waals surface area (Å²) in [6.07, 6.45) is 0. The average Bonchev–Trinajstić information content (AvgIpc) is 2.85. The van der Waals surface area contributed by atoms with Crippen LogP contribution in [0.4, 0.5) is 0 Å². The number of hydrogen-bond donors (Lipinski definition) is 1. The van der Waals surface area contributed by atoms with E-state index < -0.39 is 5.97 Å². The second-order valence-corrected chi connectivity index (χ2v) is 4.64. The number of hydrogen-bond acceptors (Lipinski definition) is 6. The molecule has 1 aromatic heterocycles. The standard InChI is InChI=1S/C12H12N2O4S/c15-12(16)7-17-6-11-13-10(14-18-11)8-19-9-4-2-1-3-5-9/h1-5H,6-8H2,(H,15,16). The van der Waals surface area contributed by atoms with Gasteiger partial charge in [0.2, 0.25) is 0 Å². The smallest absolute Gasteiger partial charge is 0.329 e. The van der Waals surface area contributed by atoms with Gasteiger partial charge in [-0.05, 0) is 12.1 Å².